The Balaban J connectivity index is 0.00000220. The molecule has 0 amide bonds. The van der Waals surface area contributed by atoms with Crippen LogP contribution in [0.4, 0.5) is 13.2 Å². The molecule has 1 aliphatic rings. The van der Waals surface area contributed by atoms with Gasteiger partial charge in [0.05, 0.1) is 6.42 Å². The molecule has 1 heterocycles. The summed E-state index contributed by atoms with van der Waals surface area (Å²) in [5, 5.41) is 3.16. The lowest BCUT2D eigenvalue weighted by molar-refractivity contribution is -0.148. The minimum Gasteiger partial charge on any atom is -0.314 e. The van der Waals surface area contributed by atoms with Crippen molar-refractivity contribution < 1.29 is 13.2 Å². The summed E-state index contributed by atoms with van der Waals surface area (Å²) < 4.78 is 40.2. The first-order valence-corrected chi connectivity index (χ1v) is 7.92. The molecule has 1 aromatic carbocycles. The molecule has 0 unspecified atom stereocenters. The number of hydrogen-bond acceptors (Lipinski definition) is 2. The van der Waals surface area contributed by atoms with Gasteiger partial charge in [0, 0.05) is 41.2 Å². The monoisotopic (exact) mass is 486 g/mol. The van der Waals surface area contributed by atoms with Gasteiger partial charge in [-0.3, -0.25) is 4.90 Å². The molecule has 1 saturated heterocycles. The smallest absolute Gasteiger partial charge is 0.314 e. The van der Waals surface area contributed by atoms with Gasteiger partial charge in [0.2, 0.25) is 0 Å². The maximum absolute atomic E-state index is 12.9. The quantitative estimate of drug-likeness (QED) is 0.647. The molecule has 128 valence electrons. The molecule has 0 spiro atoms. The van der Waals surface area contributed by atoms with Gasteiger partial charge in [0.15, 0.2) is 0 Å². The summed E-state index contributed by atoms with van der Waals surface area (Å²) in [5.74, 6) is 0. The van der Waals surface area contributed by atoms with Crippen molar-refractivity contribution >= 4 is 56.7 Å². The molecule has 0 aromatic heterocycles. The van der Waals surface area contributed by atoms with Crippen LogP contribution in [-0.4, -0.2) is 37.3 Å². The van der Waals surface area contributed by atoms with E-state index in [0.717, 1.165) is 22.0 Å². The number of alkyl halides is 3. The van der Waals surface area contributed by atoms with Crippen LogP contribution in [-0.2, 0) is 0 Å². The third kappa shape index (κ3) is 6.53. The van der Waals surface area contributed by atoms with Crippen LogP contribution in [0.15, 0.2) is 27.1 Å². The molecule has 9 heteroatoms. The molecule has 2 nitrogen and oxygen atoms in total. The van der Waals surface area contributed by atoms with E-state index in [9.17, 15) is 13.2 Å². The van der Waals surface area contributed by atoms with Crippen molar-refractivity contribution in [2.24, 2.45) is 0 Å². The second-order valence-corrected chi connectivity index (χ2v) is 6.50. The Hall–Kier alpha value is 0.470. The van der Waals surface area contributed by atoms with Crippen LogP contribution in [0.2, 0.25) is 0 Å². The van der Waals surface area contributed by atoms with Crippen LogP contribution in [0.1, 0.15) is 18.0 Å². The van der Waals surface area contributed by atoms with Crippen molar-refractivity contribution in [1.82, 2.24) is 10.2 Å². The van der Waals surface area contributed by atoms with Gasteiger partial charge < -0.3 is 5.32 Å². The van der Waals surface area contributed by atoms with E-state index < -0.39 is 18.6 Å². The molecule has 1 aromatic rings. The Morgan fingerprint density at radius 3 is 2.18 bits per heavy atom. The first-order valence-electron chi connectivity index (χ1n) is 6.33. The van der Waals surface area contributed by atoms with Gasteiger partial charge in [-0.2, -0.15) is 13.2 Å². The predicted molar refractivity (Wildman–Crippen MR) is 94.2 cm³/mol. The average molecular weight is 489 g/mol. The molecule has 1 aliphatic heterocycles. The summed E-state index contributed by atoms with van der Waals surface area (Å²) in [6.45, 7) is 2.72. The summed E-state index contributed by atoms with van der Waals surface area (Å²) in [4.78, 5) is 1.90. The highest BCUT2D eigenvalue weighted by molar-refractivity contribution is 9.13. The zero-order valence-corrected chi connectivity index (χ0v) is 16.3. The van der Waals surface area contributed by atoms with Crippen LogP contribution in [0.5, 0.6) is 0 Å². The van der Waals surface area contributed by atoms with Crippen molar-refractivity contribution in [2.75, 3.05) is 26.2 Å². The second-order valence-electron chi connectivity index (χ2n) is 4.79. The Kier molecular flexibility index (Phi) is 9.90. The Morgan fingerprint density at radius 1 is 1.09 bits per heavy atom. The Bertz CT molecular complexity index is 469. The number of hydrogen-bond donors (Lipinski definition) is 1. The van der Waals surface area contributed by atoms with Gasteiger partial charge in [-0.1, -0.05) is 6.07 Å². The molecule has 2 rings (SSSR count). The third-order valence-electron chi connectivity index (χ3n) is 3.35. The molecule has 1 fully saturated rings. The number of piperazine rings is 1. The number of halogens is 7. The van der Waals surface area contributed by atoms with E-state index in [4.69, 9.17) is 0 Å². The zero-order chi connectivity index (χ0) is 14.8. The number of nitrogens with one attached hydrogen (secondary N) is 1. The molecular formula is C13H17Br2Cl2F3N2. The largest absolute Gasteiger partial charge is 0.390 e. The first kappa shape index (κ1) is 22.5. The van der Waals surface area contributed by atoms with Gasteiger partial charge in [-0.15, -0.1) is 24.8 Å². The minimum absolute atomic E-state index is 0. The van der Waals surface area contributed by atoms with Gasteiger partial charge in [-0.25, -0.2) is 0 Å². The van der Waals surface area contributed by atoms with Crippen LogP contribution in [0.25, 0.3) is 0 Å². The van der Waals surface area contributed by atoms with Crippen molar-refractivity contribution in [2.45, 2.75) is 18.6 Å². The summed E-state index contributed by atoms with van der Waals surface area (Å²) in [6.07, 6.45) is -4.99. The Morgan fingerprint density at radius 2 is 1.68 bits per heavy atom. The molecule has 22 heavy (non-hydrogen) atoms. The van der Waals surface area contributed by atoms with E-state index in [1.54, 1.807) is 18.2 Å². The molecule has 0 saturated carbocycles. The normalized spacial score (nSPS) is 17.3. The number of nitrogens with zero attached hydrogens (tertiary/aromatic N) is 1. The van der Waals surface area contributed by atoms with E-state index in [-0.39, 0.29) is 24.8 Å². The molecular weight excluding hydrogens is 472 g/mol. The van der Waals surface area contributed by atoms with Gasteiger partial charge >= 0.3 is 6.18 Å². The highest BCUT2D eigenvalue weighted by Crippen LogP contribution is 2.36. The van der Waals surface area contributed by atoms with E-state index in [1.165, 1.54) is 0 Å². The van der Waals surface area contributed by atoms with Gasteiger partial charge in [0.25, 0.3) is 0 Å². The third-order valence-corrected chi connectivity index (χ3v) is 5.23. The predicted octanol–water partition coefficient (Wildman–Crippen LogP) is 4.95. The summed E-state index contributed by atoms with van der Waals surface area (Å²) in [7, 11) is 0. The van der Waals surface area contributed by atoms with Crippen molar-refractivity contribution in [3.63, 3.8) is 0 Å². The lowest BCUT2D eigenvalue weighted by Gasteiger charge is -2.35. The highest BCUT2D eigenvalue weighted by Gasteiger charge is 2.36. The fourth-order valence-electron chi connectivity index (χ4n) is 2.39. The molecule has 0 radical (unpaired) electrons. The second kappa shape index (κ2) is 9.69. The topological polar surface area (TPSA) is 15.3 Å². The summed E-state index contributed by atoms with van der Waals surface area (Å²) >= 11 is 6.70. The van der Waals surface area contributed by atoms with Gasteiger partial charge in [-0.05, 0) is 49.6 Å². The molecule has 1 N–H and O–H groups in total. The fraction of sp³-hybridized carbons (Fsp3) is 0.538. The van der Waals surface area contributed by atoms with E-state index >= 15 is 0 Å². The first-order chi connectivity index (χ1) is 9.37. The van der Waals surface area contributed by atoms with Crippen LogP contribution < -0.4 is 5.32 Å². The van der Waals surface area contributed by atoms with Gasteiger partial charge in [0.1, 0.15) is 0 Å². The van der Waals surface area contributed by atoms with E-state index in [2.05, 4.69) is 37.2 Å². The number of rotatable bonds is 3. The van der Waals surface area contributed by atoms with Crippen LogP contribution in [0.3, 0.4) is 0 Å². The van der Waals surface area contributed by atoms with Crippen molar-refractivity contribution in [3.8, 4) is 0 Å². The maximum Gasteiger partial charge on any atom is 0.390 e. The number of benzene rings is 1. The molecule has 0 aliphatic carbocycles. The lowest BCUT2D eigenvalue weighted by Crippen LogP contribution is -2.46. The van der Waals surface area contributed by atoms with Crippen molar-refractivity contribution in [1.29, 1.82) is 0 Å². The highest BCUT2D eigenvalue weighted by atomic mass is 79.9. The van der Waals surface area contributed by atoms with Crippen LogP contribution in [0, 0.1) is 0 Å². The summed E-state index contributed by atoms with van der Waals surface area (Å²) in [5.41, 5.74) is 0.694. The molecule has 0 bridgehead atoms. The average Bonchev–Trinajstić information content (AvgIpc) is 2.39. The SMILES string of the molecule is Cl.Cl.FC(F)(F)C[C@@H](c1ccc(Br)c(Br)c1)N1CCNCC1. The van der Waals surface area contributed by atoms with E-state index in [1.807, 2.05) is 4.90 Å². The minimum atomic E-state index is -4.17. The molecule has 1 atom stereocenters. The maximum atomic E-state index is 12.9. The lowest BCUT2D eigenvalue weighted by atomic mass is 10.0. The van der Waals surface area contributed by atoms with Crippen molar-refractivity contribution in [3.05, 3.63) is 32.7 Å². The van der Waals surface area contributed by atoms with Crippen LogP contribution >= 0.6 is 56.7 Å². The summed E-state index contributed by atoms with van der Waals surface area (Å²) in [6, 6.07) is 4.68. The Labute approximate surface area is 157 Å². The van der Waals surface area contributed by atoms with E-state index in [0.29, 0.717) is 18.7 Å². The fourth-order valence-corrected chi connectivity index (χ4v) is 3.03. The standard InChI is InChI=1S/C13H15Br2F3N2.2ClH/c14-10-2-1-9(7-11(10)15)12(8-13(16,17)18)20-5-3-19-4-6-20;;/h1-2,7,12,19H,3-6,8H2;2*1H/t12-;;/m0../s1. The zero-order valence-electron chi connectivity index (χ0n) is 11.5.